The molecule has 4 aliphatic rings. The Balaban J connectivity index is 0.705. The molecule has 4 N–H and O–H groups in total. The van der Waals surface area contributed by atoms with Gasteiger partial charge in [-0.05, 0) is 135 Å². The van der Waals surface area contributed by atoms with Crippen molar-refractivity contribution in [1.29, 1.82) is 5.26 Å². The van der Waals surface area contributed by atoms with Crippen molar-refractivity contribution in [2.75, 3.05) is 67.9 Å². The van der Waals surface area contributed by atoms with Crippen molar-refractivity contribution in [3.05, 3.63) is 143 Å². The minimum Gasteiger partial charge on any atom is -0.374 e. The number of rotatable bonds is 15. The van der Waals surface area contributed by atoms with Crippen LogP contribution in [-0.4, -0.2) is 96.8 Å². The second-order valence-corrected chi connectivity index (χ2v) is 19.8. The Morgan fingerprint density at radius 3 is 2.18 bits per heavy atom. The van der Waals surface area contributed by atoms with Crippen LogP contribution < -0.4 is 26.2 Å². The molecule has 4 aliphatic heterocycles. The summed E-state index contributed by atoms with van der Waals surface area (Å²) in [6, 6.07) is 31.7. The van der Waals surface area contributed by atoms with Crippen LogP contribution in [0.4, 0.5) is 30.4 Å². The van der Waals surface area contributed by atoms with Crippen molar-refractivity contribution < 1.29 is 32.3 Å². The number of hydrogen-bond donors (Lipinski definition) is 4. The maximum Gasteiger partial charge on any atom is 0.349 e. The number of carbonyl (C=O) groups excluding carboxylic acids is 4. The van der Waals surface area contributed by atoms with Gasteiger partial charge in [0, 0.05) is 68.7 Å². The number of aromatic nitrogens is 1. The predicted molar refractivity (Wildman–Crippen MR) is 269 cm³/mol. The van der Waals surface area contributed by atoms with E-state index in [1.54, 1.807) is 54.7 Å². The number of nitrogens with zero attached hydrogens (tertiary/aromatic N) is 5. The van der Waals surface area contributed by atoms with E-state index in [0.29, 0.717) is 72.0 Å². The lowest BCUT2D eigenvalue weighted by Gasteiger charge is -2.48. The Labute approximate surface area is 418 Å². The van der Waals surface area contributed by atoms with Gasteiger partial charge >= 0.3 is 5.92 Å². The van der Waals surface area contributed by atoms with Crippen LogP contribution >= 0.6 is 0 Å². The second-order valence-electron chi connectivity index (χ2n) is 19.8. The van der Waals surface area contributed by atoms with Gasteiger partial charge in [0.15, 0.2) is 0 Å². The van der Waals surface area contributed by atoms with Crippen molar-refractivity contribution in [3.63, 3.8) is 0 Å². The maximum absolute atomic E-state index is 15.8. The van der Waals surface area contributed by atoms with E-state index >= 15 is 13.2 Å². The quantitative estimate of drug-likeness (QED) is 0.0753. The molecule has 2 atom stereocenters. The summed E-state index contributed by atoms with van der Waals surface area (Å²) in [6.45, 7) is 5.37. The highest BCUT2D eigenvalue weighted by atomic mass is 19.3. The third-order valence-electron chi connectivity index (χ3n) is 15.1. The van der Waals surface area contributed by atoms with Gasteiger partial charge in [0.05, 0.1) is 17.3 Å². The molecule has 1 spiro atoms. The average Bonchev–Trinajstić information content (AvgIpc) is 3.40. The Bertz CT molecular complexity index is 2750. The van der Waals surface area contributed by atoms with Crippen LogP contribution in [0.3, 0.4) is 0 Å². The van der Waals surface area contributed by atoms with Crippen LogP contribution in [0, 0.1) is 28.5 Å². The molecule has 13 nitrogen and oxygen atoms in total. The number of likely N-dealkylation sites (tertiary alicyclic amines) is 2. The largest absolute Gasteiger partial charge is 0.374 e. The average molecular weight is 980 g/mol. The lowest BCUT2D eigenvalue weighted by atomic mass is 9.71. The summed E-state index contributed by atoms with van der Waals surface area (Å²) in [4.78, 5) is 60.9. The highest BCUT2D eigenvalue weighted by molar-refractivity contribution is 6.01. The zero-order valence-corrected chi connectivity index (χ0v) is 40.2. The predicted octanol–water partition coefficient (Wildman–Crippen LogP) is 8.20. The van der Waals surface area contributed by atoms with Gasteiger partial charge in [-0.25, -0.2) is 9.37 Å². The molecule has 0 radical (unpaired) electrons. The number of alkyl halides is 2. The topological polar surface area (TPSA) is 163 Å². The van der Waals surface area contributed by atoms with Gasteiger partial charge in [-0.3, -0.25) is 24.5 Å². The van der Waals surface area contributed by atoms with Crippen LogP contribution in [0.5, 0.6) is 0 Å². The number of carbonyl (C=O) groups is 4. The minimum absolute atomic E-state index is 0.208. The maximum atomic E-state index is 15.8. The first-order chi connectivity index (χ1) is 34.8. The minimum atomic E-state index is -3.69. The van der Waals surface area contributed by atoms with Gasteiger partial charge in [-0.15, -0.1) is 0 Å². The molecule has 4 saturated heterocycles. The number of anilines is 3. The number of hydrogen-bond acceptors (Lipinski definition) is 10. The van der Waals surface area contributed by atoms with Crippen molar-refractivity contribution in [3.8, 4) is 17.2 Å². The fourth-order valence-corrected chi connectivity index (χ4v) is 10.6. The fourth-order valence-electron chi connectivity index (χ4n) is 10.6. The second kappa shape index (κ2) is 22.1. The summed E-state index contributed by atoms with van der Waals surface area (Å²) in [6.07, 6.45) is 8.21. The highest BCUT2D eigenvalue weighted by Crippen LogP contribution is 2.43. The molecule has 0 bridgehead atoms. The Morgan fingerprint density at radius 1 is 0.833 bits per heavy atom. The van der Waals surface area contributed by atoms with Crippen molar-refractivity contribution in [2.24, 2.45) is 11.3 Å². The van der Waals surface area contributed by atoms with Crippen LogP contribution in [0.25, 0.3) is 11.1 Å². The molecule has 374 valence electrons. The van der Waals surface area contributed by atoms with Crippen LogP contribution in [0.15, 0.2) is 115 Å². The van der Waals surface area contributed by atoms with Crippen LogP contribution in [0.2, 0.25) is 0 Å². The highest BCUT2D eigenvalue weighted by Gasteiger charge is 2.45. The summed E-state index contributed by atoms with van der Waals surface area (Å²) in [7, 11) is 0. The van der Waals surface area contributed by atoms with E-state index in [2.05, 4.69) is 42.1 Å². The van der Waals surface area contributed by atoms with E-state index in [1.807, 2.05) is 42.5 Å². The standard InChI is InChI=1S/C56H60F3N9O4/c57-46-34-45(63-47-16-19-50(69)65-52(47)70)15-17-48(46)67-32-25-55(26-33-67)23-30-66(31-24-55)37-40-21-28-68(29-22-40)54(72)56(58,59)44-13-10-41(11-14-44)43-12-18-49(62-36-43)64-53(71)51(42-4-2-1-3-5-42)61-27-20-38-6-8-39(35-60)9-7-38/h1-15,17-18,34,36,40,47,51,61,63H,16,19-33,37H2,(H,62,64,71)(H,65,69,70). The Morgan fingerprint density at radius 2 is 1.53 bits per heavy atom. The first kappa shape index (κ1) is 49.9. The Hall–Kier alpha value is -7.09. The van der Waals surface area contributed by atoms with Gasteiger partial charge in [-0.2, -0.15) is 14.0 Å². The molecule has 1 aromatic heterocycles. The zero-order chi connectivity index (χ0) is 50.2. The fraction of sp³-hybridized carbons (Fsp3) is 0.393. The SMILES string of the molecule is N#Cc1ccc(CCNC(C(=O)Nc2ccc(-c3ccc(C(F)(F)C(=O)N4CCC(CN5CCC6(CC5)CCN(c5ccc(NC7CCC(=O)NC7=O)cc5F)CC6)CC4)cc3)cn2)c2ccccc2)cc1. The van der Waals surface area contributed by atoms with Crippen LogP contribution in [0.1, 0.15) is 79.7 Å². The lowest BCUT2D eigenvalue weighted by Crippen LogP contribution is -2.49. The third-order valence-corrected chi connectivity index (χ3v) is 15.1. The molecule has 0 aliphatic carbocycles. The molecular weight excluding hydrogens is 920 g/mol. The van der Waals surface area contributed by atoms with Crippen molar-refractivity contribution in [2.45, 2.75) is 75.8 Å². The van der Waals surface area contributed by atoms with Crippen molar-refractivity contribution in [1.82, 2.24) is 25.4 Å². The van der Waals surface area contributed by atoms with Crippen LogP contribution in [-0.2, 0) is 31.5 Å². The number of pyridine rings is 1. The summed E-state index contributed by atoms with van der Waals surface area (Å²) in [5, 5.41) is 20.7. The number of imide groups is 1. The van der Waals surface area contributed by atoms with E-state index in [9.17, 15) is 19.2 Å². The zero-order valence-electron chi connectivity index (χ0n) is 40.2. The molecule has 9 rings (SSSR count). The molecule has 72 heavy (non-hydrogen) atoms. The molecular formula is C56H60F3N9O4. The molecule has 4 fully saturated rings. The van der Waals surface area contributed by atoms with Gasteiger partial charge in [0.2, 0.25) is 17.7 Å². The van der Waals surface area contributed by atoms with Crippen molar-refractivity contribution >= 4 is 40.8 Å². The third kappa shape index (κ3) is 11.8. The van der Waals surface area contributed by atoms with E-state index < -0.39 is 29.8 Å². The monoisotopic (exact) mass is 979 g/mol. The first-order valence-corrected chi connectivity index (χ1v) is 25.0. The van der Waals surface area contributed by atoms with Gasteiger partial charge in [0.1, 0.15) is 23.7 Å². The molecule has 5 heterocycles. The molecule has 0 saturated carbocycles. The molecule has 2 unspecified atom stereocenters. The van der Waals surface area contributed by atoms with Gasteiger partial charge in [-0.1, -0.05) is 66.7 Å². The normalized spacial score (nSPS) is 19.1. The molecule has 16 heteroatoms. The summed E-state index contributed by atoms with van der Waals surface area (Å²) in [5.74, 6) is -5.56. The smallest absolute Gasteiger partial charge is 0.349 e. The summed E-state index contributed by atoms with van der Waals surface area (Å²) < 4.78 is 47.0. The number of piperidine rings is 4. The Kier molecular flexibility index (Phi) is 15.3. The number of amides is 4. The number of nitrogens with one attached hydrogen (secondary N) is 4. The summed E-state index contributed by atoms with van der Waals surface area (Å²) >= 11 is 0. The molecule has 5 aromatic rings. The number of halogens is 3. The summed E-state index contributed by atoms with van der Waals surface area (Å²) in [5.41, 5.74) is 4.59. The molecule has 4 amide bonds. The van der Waals surface area contributed by atoms with Gasteiger partial charge in [0.25, 0.3) is 5.91 Å². The van der Waals surface area contributed by atoms with E-state index in [1.165, 1.54) is 23.1 Å². The first-order valence-electron chi connectivity index (χ1n) is 25.0. The number of nitriles is 1. The van der Waals surface area contributed by atoms with E-state index in [-0.39, 0.29) is 48.1 Å². The lowest BCUT2D eigenvalue weighted by molar-refractivity contribution is -0.160. The van der Waals surface area contributed by atoms with E-state index in [4.69, 9.17) is 5.26 Å². The van der Waals surface area contributed by atoms with Gasteiger partial charge < -0.3 is 30.7 Å². The van der Waals surface area contributed by atoms with E-state index in [0.717, 1.165) is 69.5 Å². The molecule has 4 aromatic carbocycles. The number of benzene rings is 4.